The highest BCUT2D eigenvalue weighted by Gasteiger charge is 2.53. The van der Waals surface area contributed by atoms with E-state index in [-0.39, 0.29) is 60.0 Å². The van der Waals surface area contributed by atoms with Crippen LogP contribution in [0.2, 0.25) is 0 Å². The van der Waals surface area contributed by atoms with Crippen LogP contribution < -0.4 is 19.6 Å². The molecule has 5 N–H and O–H groups in total. The molecule has 111 heavy (non-hydrogen) atoms. The van der Waals surface area contributed by atoms with Crippen molar-refractivity contribution in [2.75, 3.05) is 21.1 Å². The van der Waals surface area contributed by atoms with E-state index >= 15 is 0 Å². The van der Waals surface area contributed by atoms with Gasteiger partial charge in [-0.3, -0.25) is 0 Å². The van der Waals surface area contributed by atoms with Crippen molar-refractivity contribution in [1.29, 1.82) is 0 Å². The standard InChI is InChI=1S/C21H25BF3NO4S.C20H20F3N3O2S.C15H13BrF3NO2S.C6H12B2O2.C6H14O2.C5H7BrN2.2CH4/c1-19(2)20(3,4)30-22(29-19)18-13-17(31(27,28)26-5)10-9-15(18)11-14-7-6-8-16(12-14)21(23,24)25;1-3-26-12-19(25-13-26)18-11-17(29(27,28)24-2)8-7-15(18)9-14-5-4-6-16(10-14)20(21,22)23;1-20-23(21,22)13-6-5-11(14(16)9-13)7-10-3-2-4-12(8-10)15(17,18)19;1-5(2)6(3,4)10-8(7)9-5;1-5(2,7)6(3,4)8;1-2-8-3-5(6)7-4-8;;/h6-10,12-13,26H,11H2,1-5H3;4-8,10-13,24H,3,9H2,1-2H3;2-6,8-9,20H,7H2,1H3;1-4H3;7-8H,1-4H3;3-4H,2H2,1H3;2*1H4. The maximum absolute atomic E-state index is 13.1. The lowest BCUT2D eigenvalue weighted by Gasteiger charge is -2.32. The van der Waals surface area contributed by atoms with Crippen LogP contribution in [-0.4, -0.2) is 131 Å². The highest BCUT2D eigenvalue weighted by atomic mass is 79.9. The Labute approximate surface area is 666 Å². The number of aliphatic hydroxyl groups is 2. The summed E-state index contributed by atoms with van der Waals surface area (Å²) in [5, 5.41) is 18.2. The minimum Gasteiger partial charge on any atom is -0.411 e. The van der Waals surface area contributed by atoms with Crippen molar-refractivity contribution in [2.24, 2.45) is 0 Å². The van der Waals surface area contributed by atoms with E-state index in [9.17, 15) is 64.8 Å². The van der Waals surface area contributed by atoms with Crippen molar-refractivity contribution in [3.8, 4) is 11.3 Å². The van der Waals surface area contributed by atoms with Gasteiger partial charge < -0.3 is 38.0 Å². The third kappa shape index (κ3) is 27.8. The lowest BCUT2D eigenvalue weighted by Crippen LogP contribution is -2.44. The number of hydrogen-bond donors (Lipinski definition) is 5. The highest BCUT2D eigenvalue weighted by molar-refractivity contribution is 9.10. The Kier molecular flexibility index (Phi) is 34.7. The molecule has 0 amide bonds. The van der Waals surface area contributed by atoms with Crippen LogP contribution in [0.4, 0.5) is 39.5 Å². The minimum atomic E-state index is -4.45. The predicted molar refractivity (Wildman–Crippen MR) is 425 cm³/mol. The van der Waals surface area contributed by atoms with Crippen LogP contribution in [-0.2, 0) is 99.6 Å². The Bertz CT molecular complexity index is 4700. The zero-order chi connectivity index (χ0) is 82.7. The molecule has 2 radical (unpaired) electrons. The number of halogens is 11. The lowest BCUT2D eigenvalue weighted by molar-refractivity contribution is -0.138. The van der Waals surface area contributed by atoms with E-state index in [1.807, 2.05) is 77.6 Å². The van der Waals surface area contributed by atoms with Crippen LogP contribution in [0.3, 0.4) is 0 Å². The molecule has 2 saturated heterocycles. The molecule has 0 unspecified atom stereocenters. The molecule has 2 aliphatic heterocycles. The summed E-state index contributed by atoms with van der Waals surface area (Å²) in [5.74, 6) is 0. The summed E-state index contributed by atoms with van der Waals surface area (Å²) in [6, 6.07) is 28.7. The summed E-state index contributed by atoms with van der Waals surface area (Å²) >= 11 is 6.51. The molecule has 8 aromatic rings. The largest absolute Gasteiger partial charge is 0.495 e. The number of rotatable bonds is 17. The van der Waals surface area contributed by atoms with Crippen molar-refractivity contribution in [3.63, 3.8) is 0 Å². The van der Waals surface area contributed by atoms with Crippen LogP contribution in [0.1, 0.15) is 162 Å². The Balaban J connectivity index is 0.000000369. The Morgan fingerprint density at radius 1 is 0.477 bits per heavy atom. The summed E-state index contributed by atoms with van der Waals surface area (Å²) in [6.45, 7) is 27.4. The first kappa shape index (κ1) is 98.9. The summed E-state index contributed by atoms with van der Waals surface area (Å²) in [6.07, 6.45) is -5.50. The molecule has 19 nitrogen and oxygen atoms in total. The average Bonchev–Trinajstić information content (AvgIpc) is 1.66. The van der Waals surface area contributed by atoms with Gasteiger partial charge in [-0.2, -0.15) is 39.5 Å². The fourth-order valence-electron chi connectivity index (χ4n) is 9.70. The number of benzene rings is 6. The topological polar surface area (TPSA) is 252 Å². The highest BCUT2D eigenvalue weighted by Crippen LogP contribution is 2.40. The fraction of sp³-hybridized carbons (Fsp3) is 0.440. The molecular formula is C75H99B3Br2F9N7O12S3. The van der Waals surface area contributed by atoms with Crippen molar-refractivity contribution in [3.05, 3.63) is 212 Å². The van der Waals surface area contributed by atoms with E-state index in [4.69, 9.17) is 36.6 Å². The van der Waals surface area contributed by atoms with E-state index in [2.05, 4.69) is 62.9 Å². The fourth-order valence-corrected chi connectivity index (χ4v) is 13.0. The van der Waals surface area contributed by atoms with Crippen LogP contribution in [0.5, 0.6) is 0 Å². The number of nitrogens with one attached hydrogen (secondary N) is 3. The second-order valence-corrected chi connectivity index (χ2v) is 35.5. The maximum atomic E-state index is 13.1. The van der Waals surface area contributed by atoms with Gasteiger partial charge in [0, 0.05) is 35.5 Å². The van der Waals surface area contributed by atoms with Crippen molar-refractivity contribution >= 4 is 89.3 Å². The van der Waals surface area contributed by atoms with Gasteiger partial charge in [0.1, 0.15) is 12.3 Å². The summed E-state index contributed by atoms with van der Waals surface area (Å²) in [4.78, 5) is 8.47. The maximum Gasteiger partial charge on any atom is 0.495 e. The lowest BCUT2D eigenvalue weighted by atomic mass is 9.63. The van der Waals surface area contributed by atoms with Crippen LogP contribution in [0, 0.1) is 0 Å². The molecule has 10 rings (SSSR count). The van der Waals surface area contributed by atoms with E-state index < -0.39 is 102 Å². The molecule has 0 saturated carbocycles. The number of imidazole rings is 2. The van der Waals surface area contributed by atoms with Crippen molar-refractivity contribution < 1.29 is 93.6 Å². The summed E-state index contributed by atoms with van der Waals surface area (Å²) in [5.41, 5.74) is -1.10. The van der Waals surface area contributed by atoms with Crippen molar-refractivity contribution in [1.82, 2.24) is 33.3 Å². The van der Waals surface area contributed by atoms with Gasteiger partial charge in [0.2, 0.25) is 30.1 Å². The molecule has 610 valence electrons. The Hall–Kier alpha value is -6.25. The zero-order valence-corrected chi connectivity index (χ0v) is 69.0. The smallest absolute Gasteiger partial charge is 0.411 e. The second-order valence-electron chi connectivity index (χ2n) is 28.1. The van der Waals surface area contributed by atoms with Gasteiger partial charge in [-0.15, -0.1) is 0 Å². The molecule has 0 bridgehead atoms. The molecule has 0 spiro atoms. The predicted octanol–water partition coefficient (Wildman–Crippen LogP) is 15.8. The molecule has 2 fully saturated rings. The Morgan fingerprint density at radius 3 is 1.13 bits per heavy atom. The van der Waals surface area contributed by atoms with E-state index in [1.165, 1.54) is 75.7 Å². The number of alkyl halides is 9. The number of sulfonamides is 3. The molecule has 2 aromatic heterocycles. The van der Waals surface area contributed by atoms with E-state index in [1.54, 1.807) is 82.9 Å². The first-order valence-corrected chi connectivity index (χ1v) is 39.8. The quantitative estimate of drug-likeness (QED) is 0.0420. The van der Waals surface area contributed by atoms with Crippen LogP contribution >= 0.6 is 31.9 Å². The van der Waals surface area contributed by atoms with Gasteiger partial charge in [-0.1, -0.05) is 104 Å². The SMILES string of the molecule is C.C.CC(C)(O)C(C)(C)O.CCn1cnc(-c2cc(S(=O)(=O)NC)ccc2Cc2cccc(C(F)(F)F)c2)c1.CCn1cnc(Br)c1.CNS(=O)(=O)c1ccc(Cc2cccc(C(F)(F)F)c2)c(B2OC(C)(C)C(C)(C)O2)c1.CNS(=O)(=O)c1ccc(Cc2cccc(C(F)(F)F)c2)c(Br)c1.[B]B1OC(C)(C)C(C)(C)O1. The molecule has 36 heteroatoms. The number of nitrogens with zero attached hydrogens (tertiary/aromatic N) is 4. The molecule has 2 aliphatic rings. The molecule has 6 aromatic carbocycles. The first-order chi connectivity index (χ1) is 49.9. The molecular weight excluding hydrogens is 1650 g/mol. The van der Waals surface area contributed by atoms with Gasteiger partial charge in [-0.25, -0.2) is 49.4 Å². The van der Waals surface area contributed by atoms with E-state index in [0.717, 1.165) is 47.5 Å². The second kappa shape index (κ2) is 38.9. The van der Waals surface area contributed by atoms with Gasteiger partial charge in [0.05, 0.1) is 83.3 Å². The monoisotopic (exact) mass is 1750 g/mol. The zero-order valence-electron chi connectivity index (χ0n) is 63.3. The number of aryl methyl sites for hydroxylation is 2. The summed E-state index contributed by atoms with van der Waals surface area (Å²) < 4.78 is 224. The molecule has 4 heterocycles. The number of aromatic nitrogens is 4. The van der Waals surface area contributed by atoms with Gasteiger partial charge >= 0.3 is 32.7 Å². The van der Waals surface area contributed by atoms with Crippen LogP contribution in [0.25, 0.3) is 11.3 Å². The van der Waals surface area contributed by atoms with Gasteiger partial charge in [0.15, 0.2) is 0 Å². The number of hydrogen-bond acceptors (Lipinski definition) is 14. The minimum absolute atomic E-state index is 0. The van der Waals surface area contributed by atoms with Crippen molar-refractivity contribution in [2.45, 2.75) is 211 Å². The molecule has 0 atom stereocenters. The van der Waals surface area contributed by atoms with E-state index in [0.29, 0.717) is 61.1 Å². The molecule has 0 aliphatic carbocycles. The third-order valence-corrected chi connectivity index (χ3v) is 23.8. The average molecular weight is 1750 g/mol. The Morgan fingerprint density at radius 2 is 0.811 bits per heavy atom. The first-order valence-electron chi connectivity index (χ1n) is 33.8. The summed E-state index contributed by atoms with van der Waals surface area (Å²) in [7, 11) is -3.03. The van der Waals surface area contributed by atoms with Crippen LogP contribution in [0.15, 0.2) is 176 Å². The third-order valence-electron chi connectivity index (χ3n) is 18.4. The van der Waals surface area contributed by atoms with Gasteiger partial charge in [0.25, 0.3) is 0 Å². The van der Waals surface area contributed by atoms with Gasteiger partial charge in [-0.05, 0) is 247 Å². The normalized spacial score (nSPS) is 15.3.